The molecule has 33 heavy (non-hydrogen) atoms. The maximum Gasteiger partial charge on any atom is 0.260 e. The van der Waals surface area contributed by atoms with Gasteiger partial charge in [-0.05, 0) is 36.8 Å². The molecule has 7 nitrogen and oxygen atoms in total. The molecule has 0 aliphatic carbocycles. The number of amides is 1. The van der Waals surface area contributed by atoms with Crippen LogP contribution in [0.4, 0.5) is 9.52 Å². The number of sulfone groups is 1. The quantitative estimate of drug-likeness (QED) is 0.480. The number of halogens is 2. The molecule has 3 aromatic rings. The highest BCUT2D eigenvalue weighted by molar-refractivity contribution is 7.90. The molecule has 0 spiro atoms. The highest BCUT2D eigenvalue weighted by Crippen LogP contribution is 2.31. The minimum Gasteiger partial charge on any atom is -0.379 e. The Kier molecular flexibility index (Phi) is 8.41. The van der Waals surface area contributed by atoms with Gasteiger partial charge in [-0.25, -0.2) is 17.8 Å². The molecule has 1 amide bonds. The number of ether oxygens (including phenoxy) is 1. The van der Waals surface area contributed by atoms with Crippen LogP contribution < -0.4 is 4.90 Å². The molecule has 1 saturated heterocycles. The normalized spacial score (nSPS) is 14.7. The van der Waals surface area contributed by atoms with Crippen molar-refractivity contribution in [1.29, 1.82) is 0 Å². The Morgan fingerprint density at radius 1 is 1.21 bits per heavy atom. The first-order chi connectivity index (χ1) is 15.3. The van der Waals surface area contributed by atoms with Crippen molar-refractivity contribution in [1.82, 2.24) is 9.88 Å². The predicted octanol–water partition coefficient (Wildman–Crippen LogP) is 3.63. The molecule has 4 rings (SSSR count). The first-order valence-corrected chi connectivity index (χ1v) is 13.0. The third-order valence-electron chi connectivity index (χ3n) is 5.30. The molecule has 2 heterocycles. The van der Waals surface area contributed by atoms with Crippen molar-refractivity contribution in [3.63, 3.8) is 0 Å². The zero-order valence-electron chi connectivity index (χ0n) is 18.1. The van der Waals surface area contributed by atoms with Gasteiger partial charge < -0.3 is 4.74 Å². The minimum absolute atomic E-state index is 0. The van der Waals surface area contributed by atoms with Crippen molar-refractivity contribution >= 4 is 54.8 Å². The zero-order valence-corrected chi connectivity index (χ0v) is 20.5. The van der Waals surface area contributed by atoms with Gasteiger partial charge in [0.15, 0.2) is 15.0 Å². The summed E-state index contributed by atoms with van der Waals surface area (Å²) in [7, 11) is -3.46. The first kappa shape index (κ1) is 25.5. The van der Waals surface area contributed by atoms with Crippen molar-refractivity contribution in [2.24, 2.45) is 0 Å². The summed E-state index contributed by atoms with van der Waals surface area (Å²) in [6, 6.07) is 10.7. The lowest BCUT2D eigenvalue weighted by Gasteiger charge is -2.27. The number of benzene rings is 2. The predicted molar refractivity (Wildman–Crippen MR) is 130 cm³/mol. The van der Waals surface area contributed by atoms with E-state index in [-0.39, 0.29) is 34.3 Å². The number of hydrogen-bond acceptors (Lipinski definition) is 7. The van der Waals surface area contributed by atoms with E-state index in [9.17, 15) is 17.6 Å². The third-order valence-corrected chi connectivity index (χ3v) is 7.46. The summed E-state index contributed by atoms with van der Waals surface area (Å²) in [4.78, 5) is 21.7. The summed E-state index contributed by atoms with van der Waals surface area (Å²) >= 11 is 1.24. The van der Waals surface area contributed by atoms with Crippen molar-refractivity contribution in [2.75, 3.05) is 50.5 Å². The van der Waals surface area contributed by atoms with E-state index >= 15 is 0 Å². The lowest BCUT2D eigenvalue weighted by molar-refractivity contribution is 0.0376. The highest BCUT2D eigenvalue weighted by Gasteiger charge is 2.23. The number of nitrogens with zero attached hydrogens (tertiary/aromatic N) is 3. The van der Waals surface area contributed by atoms with E-state index in [1.54, 1.807) is 24.3 Å². The molecule has 0 radical (unpaired) electrons. The Balaban J connectivity index is 0.00000306. The molecule has 0 unspecified atom stereocenters. The standard InChI is InChI=1S/C22H24FN3O4S2.ClH/c1-32(28,29)17-6-2-5-16(15-17)21(27)26(10-4-9-25-11-13-30-14-12-25)22-24-20-18(23)7-3-8-19(20)31-22;/h2-3,5-8,15H,4,9-14H2,1H3;1H. The maximum atomic E-state index is 14.2. The van der Waals surface area contributed by atoms with Crippen LogP contribution in [0.3, 0.4) is 0 Å². The van der Waals surface area contributed by atoms with Gasteiger partial charge in [-0.15, -0.1) is 12.4 Å². The summed E-state index contributed by atoms with van der Waals surface area (Å²) in [5.41, 5.74) is 0.474. The van der Waals surface area contributed by atoms with E-state index < -0.39 is 15.7 Å². The van der Waals surface area contributed by atoms with Gasteiger partial charge in [0, 0.05) is 38.0 Å². The molecule has 0 N–H and O–H groups in total. The average molecular weight is 514 g/mol. The minimum atomic E-state index is -3.46. The summed E-state index contributed by atoms with van der Waals surface area (Å²) in [5, 5.41) is 0.391. The summed E-state index contributed by atoms with van der Waals surface area (Å²) in [5.74, 6) is -0.804. The molecule has 2 aromatic carbocycles. The van der Waals surface area contributed by atoms with Crippen LogP contribution in [0.2, 0.25) is 0 Å². The van der Waals surface area contributed by atoms with Crippen LogP contribution in [0.15, 0.2) is 47.4 Å². The molecule has 1 aromatic heterocycles. The lowest BCUT2D eigenvalue weighted by Crippen LogP contribution is -2.39. The molecule has 0 atom stereocenters. The van der Waals surface area contributed by atoms with Crippen LogP contribution in [0.1, 0.15) is 16.8 Å². The number of morpholine rings is 1. The highest BCUT2D eigenvalue weighted by atomic mass is 35.5. The van der Waals surface area contributed by atoms with Gasteiger partial charge in [-0.2, -0.15) is 0 Å². The topological polar surface area (TPSA) is 79.8 Å². The second-order valence-electron chi connectivity index (χ2n) is 7.65. The van der Waals surface area contributed by atoms with E-state index in [1.807, 2.05) is 0 Å². The molecule has 1 aliphatic heterocycles. The van der Waals surface area contributed by atoms with Gasteiger partial charge in [0.05, 0.1) is 22.8 Å². The molecule has 0 bridgehead atoms. The molecular formula is C22H25ClFN3O4S2. The Labute approximate surface area is 202 Å². The number of para-hydroxylation sites is 1. The van der Waals surface area contributed by atoms with Gasteiger partial charge in [0.1, 0.15) is 11.3 Å². The molecule has 178 valence electrons. The third kappa shape index (κ3) is 6.07. The van der Waals surface area contributed by atoms with Crippen LogP contribution in [-0.4, -0.2) is 69.9 Å². The van der Waals surface area contributed by atoms with Crippen LogP contribution in [0.5, 0.6) is 0 Å². The van der Waals surface area contributed by atoms with Crippen LogP contribution in [-0.2, 0) is 14.6 Å². The van der Waals surface area contributed by atoms with Crippen LogP contribution >= 0.6 is 23.7 Å². The number of thiazole rings is 1. The van der Waals surface area contributed by atoms with E-state index in [1.165, 1.54) is 34.4 Å². The van der Waals surface area contributed by atoms with Crippen molar-refractivity contribution in [3.05, 3.63) is 53.8 Å². The van der Waals surface area contributed by atoms with Crippen molar-refractivity contribution < 1.29 is 22.3 Å². The van der Waals surface area contributed by atoms with E-state index in [0.29, 0.717) is 36.0 Å². The number of carbonyl (C=O) groups excluding carboxylic acids is 1. The Bertz CT molecular complexity index is 1230. The fraction of sp³-hybridized carbons (Fsp3) is 0.364. The van der Waals surface area contributed by atoms with E-state index in [0.717, 1.165) is 25.9 Å². The number of rotatable bonds is 7. The fourth-order valence-corrected chi connectivity index (χ4v) is 5.27. The summed E-state index contributed by atoms with van der Waals surface area (Å²) in [6.45, 7) is 4.24. The smallest absolute Gasteiger partial charge is 0.260 e. The van der Waals surface area contributed by atoms with Crippen LogP contribution in [0.25, 0.3) is 10.2 Å². The Morgan fingerprint density at radius 2 is 1.94 bits per heavy atom. The average Bonchev–Trinajstić information content (AvgIpc) is 3.22. The van der Waals surface area contributed by atoms with Gasteiger partial charge >= 0.3 is 0 Å². The van der Waals surface area contributed by atoms with Crippen molar-refractivity contribution in [2.45, 2.75) is 11.3 Å². The second-order valence-corrected chi connectivity index (χ2v) is 10.7. The molecule has 1 aliphatic rings. The van der Waals surface area contributed by atoms with Crippen LogP contribution in [0, 0.1) is 5.82 Å². The summed E-state index contributed by atoms with van der Waals surface area (Å²) in [6.07, 6.45) is 1.79. The van der Waals surface area contributed by atoms with Crippen molar-refractivity contribution in [3.8, 4) is 0 Å². The molecule has 0 saturated carbocycles. The number of carbonyl (C=O) groups is 1. The first-order valence-electron chi connectivity index (χ1n) is 10.3. The largest absolute Gasteiger partial charge is 0.379 e. The number of aromatic nitrogens is 1. The van der Waals surface area contributed by atoms with Gasteiger partial charge in [0.25, 0.3) is 5.91 Å². The lowest BCUT2D eigenvalue weighted by atomic mass is 10.2. The maximum absolute atomic E-state index is 14.2. The van der Waals surface area contributed by atoms with Gasteiger partial charge in [-0.3, -0.25) is 14.6 Å². The number of fused-ring (bicyclic) bond motifs is 1. The monoisotopic (exact) mass is 513 g/mol. The van der Waals surface area contributed by atoms with Gasteiger partial charge in [0.2, 0.25) is 0 Å². The SMILES string of the molecule is CS(=O)(=O)c1cccc(C(=O)N(CCCN2CCOCC2)c2nc3c(F)cccc3s2)c1.Cl. The van der Waals surface area contributed by atoms with E-state index in [4.69, 9.17) is 4.74 Å². The summed E-state index contributed by atoms with van der Waals surface area (Å²) < 4.78 is 44.2. The molecule has 11 heteroatoms. The number of anilines is 1. The van der Waals surface area contributed by atoms with E-state index in [2.05, 4.69) is 9.88 Å². The Hall–Kier alpha value is -2.11. The van der Waals surface area contributed by atoms with Gasteiger partial charge in [-0.1, -0.05) is 23.5 Å². The molecule has 1 fully saturated rings. The zero-order chi connectivity index (χ0) is 22.7. The second kappa shape index (κ2) is 10.9. The molecular weight excluding hydrogens is 489 g/mol. The Morgan fingerprint density at radius 3 is 2.64 bits per heavy atom. The fourth-order valence-electron chi connectivity index (χ4n) is 3.60. The number of hydrogen-bond donors (Lipinski definition) is 0.